The van der Waals surface area contributed by atoms with Crippen LogP contribution in [0.3, 0.4) is 0 Å². The molecular formula is C16H21N3O2S. The van der Waals surface area contributed by atoms with E-state index in [-0.39, 0.29) is 5.91 Å². The second kappa shape index (κ2) is 6.20. The molecule has 0 aliphatic carbocycles. The Labute approximate surface area is 134 Å². The Morgan fingerprint density at radius 1 is 1.36 bits per heavy atom. The predicted octanol–water partition coefficient (Wildman–Crippen LogP) is 3.01. The second-order valence-corrected chi connectivity index (χ2v) is 7.19. The number of nitrogens with zero attached hydrogens (tertiary/aromatic N) is 3. The zero-order chi connectivity index (χ0) is 15.7. The van der Waals surface area contributed by atoms with E-state index in [9.17, 15) is 4.79 Å². The topological polar surface area (TPSA) is 59.2 Å². The first-order valence-corrected chi connectivity index (χ1v) is 8.48. The van der Waals surface area contributed by atoms with Crippen LogP contribution in [0.4, 0.5) is 0 Å². The van der Waals surface area contributed by atoms with Crippen LogP contribution in [-0.4, -0.2) is 34.0 Å². The second-order valence-electron chi connectivity index (χ2n) is 5.95. The van der Waals surface area contributed by atoms with Crippen molar-refractivity contribution in [2.75, 3.05) is 13.1 Å². The van der Waals surface area contributed by atoms with E-state index >= 15 is 0 Å². The van der Waals surface area contributed by atoms with Gasteiger partial charge in [-0.05, 0) is 33.6 Å². The van der Waals surface area contributed by atoms with Gasteiger partial charge in [-0.2, -0.15) is 0 Å². The monoisotopic (exact) mass is 319 g/mol. The van der Waals surface area contributed by atoms with Crippen molar-refractivity contribution in [2.24, 2.45) is 0 Å². The van der Waals surface area contributed by atoms with Crippen LogP contribution in [-0.2, 0) is 11.2 Å². The standard InChI is InChI=1S/C16H21N3O2S/c1-10-8-14(18-21-10)9-15(20)19-6-4-13(5-7-19)16-17-11(2)12(3)22-16/h8,13H,4-7,9H2,1-3H3. The van der Waals surface area contributed by atoms with Crippen LogP contribution in [0.15, 0.2) is 10.6 Å². The van der Waals surface area contributed by atoms with Crippen molar-refractivity contribution in [3.63, 3.8) is 0 Å². The summed E-state index contributed by atoms with van der Waals surface area (Å²) in [7, 11) is 0. The van der Waals surface area contributed by atoms with Crippen molar-refractivity contribution in [2.45, 2.75) is 46.0 Å². The number of aromatic nitrogens is 2. The molecule has 0 aromatic carbocycles. The van der Waals surface area contributed by atoms with Crippen LogP contribution < -0.4 is 0 Å². The molecule has 22 heavy (non-hydrogen) atoms. The predicted molar refractivity (Wildman–Crippen MR) is 85.1 cm³/mol. The van der Waals surface area contributed by atoms with Gasteiger partial charge in [0.25, 0.3) is 0 Å². The van der Waals surface area contributed by atoms with Gasteiger partial charge >= 0.3 is 0 Å². The minimum absolute atomic E-state index is 0.137. The summed E-state index contributed by atoms with van der Waals surface area (Å²) in [5, 5.41) is 5.13. The van der Waals surface area contributed by atoms with Crippen molar-refractivity contribution in [1.82, 2.24) is 15.0 Å². The summed E-state index contributed by atoms with van der Waals surface area (Å²) in [6.45, 7) is 7.63. The average Bonchev–Trinajstić information content (AvgIpc) is 3.05. The number of hydrogen-bond acceptors (Lipinski definition) is 5. The zero-order valence-corrected chi connectivity index (χ0v) is 14.1. The number of hydrogen-bond donors (Lipinski definition) is 0. The van der Waals surface area contributed by atoms with Gasteiger partial charge in [0.1, 0.15) is 5.76 Å². The number of rotatable bonds is 3. The van der Waals surface area contributed by atoms with E-state index in [4.69, 9.17) is 4.52 Å². The molecule has 0 bridgehead atoms. The first-order chi connectivity index (χ1) is 10.5. The molecule has 1 aliphatic rings. The molecule has 3 heterocycles. The number of amides is 1. The van der Waals surface area contributed by atoms with E-state index in [0.29, 0.717) is 12.3 Å². The molecule has 1 aliphatic heterocycles. The van der Waals surface area contributed by atoms with Crippen LogP contribution in [0.2, 0.25) is 0 Å². The molecular weight excluding hydrogens is 298 g/mol. The van der Waals surface area contributed by atoms with Crippen LogP contribution in [0.5, 0.6) is 0 Å². The zero-order valence-electron chi connectivity index (χ0n) is 13.3. The van der Waals surface area contributed by atoms with Crippen LogP contribution in [0.25, 0.3) is 0 Å². The Hall–Kier alpha value is -1.69. The molecule has 0 atom stereocenters. The molecule has 6 heteroatoms. The summed E-state index contributed by atoms with van der Waals surface area (Å²) in [6, 6.07) is 1.83. The Morgan fingerprint density at radius 3 is 2.64 bits per heavy atom. The van der Waals surface area contributed by atoms with Crippen molar-refractivity contribution in [1.29, 1.82) is 0 Å². The summed E-state index contributed by atoms with van der Waals surface area (Å²) >= 11 is 1.80. The fraction of sp³-hybridized carbons (Fsp3) is 0.562. The van der Waals surface area contributed by atoms with Crippen molar-refractivity contribution in [3.05, 3.63) is 33.1 Å². The van der Waals surface area contributed by atoms with E-state index in [1.165, 1.54) is 9.88 Å². The Balaban J connectivity index is 1.56. The van der Waals surface area contributed by atoms with Crippen molar-refractivity contribution in [3.8, 4) is 0 Å². The fourth-order valence-corrected chi connectivity index (χ4v) is 3.91. The molecule has 1 fully saturated rings. The van der Waals surface area contributed by atoms with Gasteiger partial charge in [0, 0.05) is 30.0 Å². The largest absolute Gasteiger partial charge is 0.361 e. The summed E-state index contributed by atoms with van der Waals surface area (Å²) in [6.07, 6.45) is 2.32. The van der Waals surface area contributed by atoms with Gasteiger partial charge in [-0.3, -0.25) is 4.79 Å². The molecule has 2 aromatic heterocycles. The quantitative estimate of drug-likeness (QED) is 0.872. The number of carbonyl (C=O) groups is 1. The third kappa shape index (κ3) is 3.21. The number of aryl methyl sites for hydroxylation is 3. The van der Waals surface area contributed by atoms with Crippen molar-refractivity contribution >= 4 is 17.2 Å². The van der Waals surface area contributed by atoms with E-state index in [1.54, 1.807) is 11.3 Å². The highest BCUT2D eigenvalue weighted by atomic mass is 32.1. The van der Waals surface area contributed by atoms with Crippen LogP contribution in [0.1, 0.15) is 45.8 Å². The van der Waals surface area contributed by atoms with Crippen molar-refractivity contribution < 1.29 is 9.32 Å². The highest BCUT2D eigenvalue weighted by Gasteiger charge is 2.26. The first kappa shape index (κ1) is 15.2. The molecule has 118 valence electrons. The molecule has 3 rings (SSSR count). The Bertz CT molecular complexity index is 649. The van der Waals surface area contributed by atoms with Gasteiger partial charge in [0.15, 0.2) is 0 Å². The van der Waals surface area contributed by atoms with E-state index in [0.717, 1.165) is 43.1 Å². The molecule has 2 aromatic rings. The minimum atomic E-state index is 0.137. The number of thiazole rings is 1. The SMILES string of the molecule is Cc1cc(CC(=O)N2CCC(c3nc(C)c(C)s3)CC2)no1. The van der Waals surface area contributed by atoms with Gasteiger partial charge in [-0.25, -0.2) is 4.98 Å². The third-order valence-electron chi connectivity index (χ3n) is 4.25. The van der Waals surface area contributed by atoms with Gasteiger partial charge in [0.05, 0.1) is 22.8 Å². The number of likely N-dealkylation sites (tertiary alicyclic amines) is 1. The summed E-state index contributed by atoms with van der Waals surface area (Å²) < 4.78 is 5.01. The molecule has 0 saturated carbocycles. The summed E-state index contributed by atoms with van der Waals surface area (Å²) in [5.41, 5.74) is 1.86. The molecule has 1 amide bonds. The van der Waals surface area contributed by atoms with Gasteiger partial charge in [0.2, 0.25) is 5.91 Å². The maximum Gasteiger partial charge on any atom is 0.228 e. The maximum absolute atomic E-state index is 12.3. The molecule has 0 radical (unpaired) electrons. The molecule has 0 N–H and O–H groups in total. The first-order valence-electron chi connectivity index (χ1n) is 7.67. The maximum atomic E-state index is 12.3. The normalized spacial score (nSPS) is 16.2. The highest BCUT2D eigenvalue weighted by molar-refractivity contribution is 7.11. The van der Waals surface area contributed by atoms with Crippen LogP contribution in [0, 0.1) is 20.8 Å². The van der Waals surface area contributed by atoms with E-state index < -0.39 is 0 Å². The number of piperidine rings is 1. The molecule has 1 saturated heterocycles. The lowest BCUT2D eigenvalue weighted by Gasteiger charge is -2.31. The van der Waals surface area contributed by atoms with E-state index in [2.05, 4.69) is 24.0 Å². The van der Waals surface area contributed by atoms with Gasteiger partial charge < -0.3 is 9.42 Å². The minimum Gasteiger partial charge on any atom is -0.361 e. The number of carbonyl (C=O) groups excluding carboxylic acids is 1. The lowest BCUT2D eigenvalue weighted by Crippen LogP contribution is -2.38. The lowest BCUT2D eigenvalue weighted by atomic mass is 9.97. The third-order valence-corrected chi connectivity index (χ3v) is 5.49. The highest BCUT2D eigenvalue weighted by Crippen LogP contribution is 2.32. The fourth-order valence-electron chi connectivity index (χ4n) is 2.82. The van der Waals surface area contributed by atoms with Gasteiger partial charge in [-0.15, -0.1) is 11.3 Å². The molecule has 5 nitrogen and oxygen atoms in total. The average molecular weight is 319 g/mol. The smallest absolute Gasteiger partial charge is 0.228 e. The van der Waals surface area contributed by atoms with Gasteiger partial charge in [-0.1, -0.05) is 5.16 Å². The lowest BCUT2D eigenvalue weighted by molar-refractivity contribution is -0.131. The summed E-state index contributed by atoms with van der Waals surface area (Å²) in [5.74, 6) is 1.38. The Morgan fingerprint density at radius 2 is 2.09 bits per heavy atom. The molecule has 0 spiro atoms. The Kier molecular flexibility index (Phi) is 4.29. The van der Waals surface area contributed by atoms with Crippen LogP contribution >= 0.6 is 11.3 Å². The summed E-state index contributed by atoms with van der Waals surface area (Å²) in [4.78, 5) is 20.2. The van der Waals surface area contributed by atoms with E-state index in [1.807, 2.05) is 17.9 Å². The molecule has 0 unspecified atom stereocenters.